The smallest absolute Gasteiger partial charge is 0.159 e. The van der Waals surface area contributed by atoms with Gasteiger partial charge >= 0.3 is 0 Å². The summed E-state index contributed by atoms with van der Waals surface area (Å²) >= 11 is 0. The van der Waals surface area contributed by atoms with Gasteiger partial charge in [0.05, 0.1) is 5.60 Å². The lowest BCUT2D eigenvalue weighted by molar-refractivity contribution is 0.0336. The van der Waals surface area contributed by atoms with E-state index < -0.39 is 17.2 Å². The van der Waals surface area contributed by atoms with E-state index in [0.717, 1.165) is 12.1 Å². The van der Waals surface area contributed by atoms with Crippen LogP contribution in [-0.2, 0) is 6.54 Å². The van der Waals surface area contributed by atoms with Crippen molar-refractivity contribution in [2.24, 2.45) is 0 Å². The largest absolute Gasteiger partial charge is 0.388 e. The van der Waals surface area contributed by atoms with Gasteiger partial charge in [-0.2, -0.15) is 0 Å². The molecule has 0 saturated carbocycles. The minimum atomic E-state index is -0.859. The van der Waals surface area contributed by atoms with Crippen molar-refractivity contribution in [3.63, 3.8) is 0 Å². The lowest BCUT2D eigenvalue weighted by atomic mass is 10.1. The van der Waals surface area contributed by atoms with Gasteiger partial charge in [0.15, 0.2) is 11.6 Å². The molecule has 0 saturated heterocycles. The Hall–Kier alpha value is -1.04. The summed E-state index contributed by atoms with van der Waals surface area (Å²) in [5.41, 5.74) is -0.211. The summed E-state index contributed by atoms with van der Waals surface area (Å²) < 4.78 is 25.7. The number of nitrogens with zero attached hydrogens (tertiary/aromatic N) is 1. The molecule has 0 spiro atoms. The third-order valence-corrected chi connectivity index (χ3v) is 2.48. The normalized spacial score (nSPS) is 14.8. The number of rotatable bonds is 6. The molecule has 1 atom stereocenters. The van der Waals surface area contributed by atoms with Gasteiger partial charge < -0.3 is 15.3 Å². The molecule has 0 aliphatic heterocycles. The summed E-state index contributed by atoms with van der Waals surface area (Å²) in [5.74, 6) is -1.70. The van der Waals surface area contributed by atoms with Crippen LogP contribution in [0, 0.1) is 11.6 Å². The van der Waals surface area contributed by atoms with E-state index in [1.807, 2.05) is 19.0 Å². The van der Waals surface area contributed by atoms with Crippen molar-refractivity contribution in [1.29, 1.82) is 0 Å². The molecule has 0 fully saturated rings. The van der Waals surface area contributed by atoms with Gasteiger partial charge in [-0.25, -0.2) is 8.78 Å². The Balaban J connectivity index is 2.43. The molecule has 2 N–H and O–H groups in total. The molecule has 1 aromatic rings. The number of nitrogens with one attached hydrogen (secondary N) is 1. The lowest BCUT2D eigenvalue weighted by Crippen LogP contribution is -2.45. The molecule has 0 aliphatic carbocycles. The number of hydrogen-bond acceptors (Lipinski definition) is 3. The summed E-state index contributed by atoms with van der Waals surface area (Å²) in [6.45, 7) is 3.02. The summed E-state index contributed by atoms with van der Waals surface area (Å²) in [6.07, 6.45) is 0. The number of halogens is 2. The van der Waals surface area contributed by atoms with Crippen LogP contribution in [0.2, 0.25) is 0 Å². The molecule has 1 rings (SSSR count). The summed E-state index contributed by atoms with van der Waals surface area (Å²) in [4.78, 5) is 1.89. The van der Waals surface area contributed by atoms with Crippen molar-refractivity contribution in [2.45, 2.75) is 19.1 Å². The zero-order valence-corrected chi connectivity index (χ0v) is 11.0. The first kappa shape index (κ1) is 15.0. The highest BCUT2D eigenvalue weighted by molar-refractivity contribution is 5.17. The molecule has 102 valence electrons. The zero-order valence-electron chi connectivity index (χ0n) is 11.0. The van der Waals surface area contributed by atoms with E-state index in [0.29, 0.717) is 25.2 Å². The van der Waals surface area contributed by atoms with Crippen LogP contribution in [-0.4, -0.2) is 42.8 Å². The van der Waals surface area contributed by atoms with E-state index in [9.17, 15) is 13.9 Å². The maximum absolute atomic E-state index is 13.0. The van der Waals surface area contributed by atoms with Crippen LogP contribution >= 0.6 is 0 Å². The standard InChI is InChI=1S/C13H20F2N2O/c1-13(18,9-17(2)3)8-16-7-10-4-5-11(14)12(15)6-10/h4-6,16,18H,7-9H2,1-3H3. The van der Waals surface area contributed by atoms with Gasteiger partial charge in [-0.05, 0) is 38.7 Å². The molecule has 1 aromatic carbocycles. The minimum absolute atomic E-state index is 0.379. The number of benzene rings is 1. The third-order valence-electron chi connectivity index (χ3n) is 2.48. The van der Waals surface area contributed by atoms with Crippen LogP contribution in [0.4, 0.5) is 8.78 Å². The minimum Gasteiger partial charge on any atom is -0.388 e. The van der Waals surface area contributed by atoms with Gasteiger partial charge in [0.25, 0.3) is 0 Å². The monoisotopic (exact) mass is 258 g/mol. The number of likely N-dealkylation sites (N-methyl/N-ethyl adjacent to an activating group) is 1. The number of aliphatic hydroxyl groups is 1. The topological polar surface area (TPSA) is 35.5 Å². The maximum atomic E-state index is 13.0. The van der Waals surface area contributed by atoms with Crippen molar-refractivity contribution in [3.05, 3.63) is 35.4 Å². The first-order valence-electron chi connectivity index (χ1n) is 5.82. The second-order valence-corrected chi connectivity index (χ2v) is 5.09. The molecular formula is C13H20F2N2O. The molecule has 0 heterocycles. The van der Waals surface area contributed by atoms with Crippen molar-refractivity contribution < 1.29 is 13.9 Å². The van der Waals surface area contributed by atoms with Crippen LogP contribution in [0.15, 0.2) is 18.2 Å². The van der Waals surface area contributed by atoms with E-state index in [2.05, 4.69) is 5.32 Å². The Labute approximate surface area is 106 Å². The average Bonchev–Trinajstić information content (AvgIpc) is 2.21. The second-order valence-electron chi connectivity index (χ2n) is 5.09. The van der Waals surface area contributed by atoms with E-state index >= 15 is 0 Å². The van der Waals surface area contributed by atoms with Crippen LogP contribution < -0.4 is 5.32 Å². The van der Waals surface area contributed by atoms with E-state index in [-0.39, 0.29) is 0 Å². The molecule has 18 heavy (non-hydrogen) atoms. The van der Waals surface area contributed by atoms with E-state index in [1.54, 1.807) is 6.92 Å². The quantitative estimate of drug-likeness (QED) is 0.809. The highest BCUT2D eigenvalue weighted by atomic mass is 19.2. The Bertz CT molecular complexity index is 395. The fourth-order valence-corrected chi connectivity index (χ4v) is 1.86. The molecule has 0 aliphatic rings. The second kappa shape index (κ2) is 6.22. The average molecular weight is 258 g/mol. The SMILES string of the molecule is CN(C)CC(C)(O)CNCc1ccc(F)c(F)c1. The third kappa shape index (κ3) is 5.08. The summed E-state index contributed by atoms with van der Waals surface area (Å²) in [6, 6.07) is 3.78. The molecule has 0 radical (unpaired) electrons. The van der Waals surface area contributed by atoms with Gasteiger partial charge in [-0.3, -0.25) is 0 Å². The summed E-state index contributed by atoms with van der Waals surface area (Å²) in [7, 11) is 3.76. The molecule has 0 bridgehead atoms. The Kier molecular flexibility index (Phi) is 5.19. The van der Waals surface area contributed by atoms with Gasteiger partial charge in [0.2, 0.25) is 0 Å². The molecule has 5 heteroatoms. The van der Waals surface area contributed by atoms with Crippen molar-refractivity contribution >= 4 is 0 Å². The predicted molar refractivity (Wildman–Crippen MR) is 67.2 cm³/mol. The Morgan fingerprint density at radius 1 is 1.28 bits per heavy atom. The highest BCUT2D eigenvalue weighted by Crippen LogP contribution is 2.09. The van der Waals surface area contributed by atoms with Crippen LogP contribution in [0.1, 0.15) is 12.5 Å². The van der Waals surface area contributed by atoms with Gasteiger partial charge in [0, 0.05) is 19.6 Å². The van der Waals surface area contributed by atoms with Crippen LogP contribution in [0.5, 0.6) is 0 Å². The van der Waals surface area contributed by atoms with Crippen molar-refractivity contribution in [2.75, 3.05) is 27.2 Å². The molecule has 3 nitrogen and oxygen atoms in total. The van der Waals surface area contributed by atoms with E-state index in [1.165, 1.54) is 6.07 Å². The van der Waals surface area contributed by atoms with Crippen molar-refractivity contribution in [1.82, 2.24) is 10.2 Å². The maximum Gasteiger partial charge on any atom is 0.159 e. The number of hydrogen-bond donors (Lipinski definition) is 2. The van der Waals surface area contributed by atoms with Gasteiger partial charge in [0.1, 0.15) is 0 Å². The molecule has 1 unspecified atom stereocenters. The predicted octanol–water partition coefficient (Wildman–Crippen LogP) is 1.37. The first-order chi connectivity index (χ1) is 8.30. The van der Waals surface area contributed by atoms with Gasteiger partial charge in [-0.1, -0.05) is 6.07 Å². The van der Waals surface area contributed by atoms with Crippen LogP contribution in [0.3, 0.4) is 0 Å². The Morgan fingerprint density at radius 3 is 2.50 bits per heavy atom. The van der Waals surface area contributed by atoms with Gasteiger partial charge in [-0.15, -0.1) is 0 Å². The molecule has 0 aromatic heterocycles. The van der Waals surface area contributed by atoms with Crippen LogP contribution in [0.25, 0.3) is 0 Å². The van der Waals surface area contributed by atoms with Crippen molar-refractivity contribution in [3.8, 4) is 0 Å². The fourth-order valence-electron chi connectivity index (χ4n) is 1.86. The lowest BCUT2D eigenvalue weighted by Gasteiger charge is -2.27. The fraction of sp³-hybridized carbons (Fsp3) is 0.538. The molecular weight excluding hydrogens is 238 g/mol. The first-order valence-corrected chi connectivity index (χ1v) is 5.82. The zero-order chi connectivity index (χ0) is 13.8. The highest BCUT2D eigenvalue weighted by Gasteiger charge is 2.20. The van der Waals surface area contributed by atoms with E-state index in [4.69, 9.17) is 0 Å². The summed E-state index contributed by atoms with van der Waals surface area (Å²) in [5, 5.41) is 13.1. The Morgan fingerprint density at radius 2 is 1.94 bits per heavy atom. The molecule has 0 amide bonds.